The van der Waals surface area contributed by atoms with Crippen molar-refractivity contribution in [2.75, 3.05) is 0 Å². The molecule has 0 bridgehead atoms. The van der Waals surface area contributed by atoms with Crippen LogP contribution in [0.2, 0.25) is 0 Å². The van der Waals surface area contributed by atoms with Crippen molar-refractivity contribution >= 4 is 22.6 Å². The Morgan fingerprint density at radius 2 is 2.00 bits per heavy atom. The minimum atomic E-state index is -0.951. The minimum absolute atomic E-state index is 0.183. The highest BCUT2D eigenvalue weighted by Gasteiger charge is 2.18. The van der Waals surface area contributed by atoms with Crippen LogP contribution in [0, 0.1) is 11.8 Å². The van der Waals surface area contributed by atoms with Gasteiger partial charge in [-0.25, -0.2) is 4.79 Å². The third-order valence-corrected chi connectivity index (χ3v) is 5.71. The number of aromatic nitrogens is 4. The van der Waals surface area contributed by atoms with Crippen LogP contribution in [0.4, 0.5) is 0 Å². The van der Waals surface area contributed by atoms with Gasteiger partial charge in [0.25, 0.3) is 0 Å². The number of allylic oxidation sites excluding steroid dienone is 2. The average molecular weight is 504 g/mol. The van der Waals surface area contributed by atoms with Gasteiger partial charge in [-0.1, -0.05) is 54.8 Å². The van der Waals surface area contributed by atoms with Crippen molar-refractivity contribution in [2.45, 2.75) is 32.5 Å². The summed E-state index contributed by atoms with van der Waals surface area (Å²) in [5.41, 5.74) is 2.36. The van der Waals surface area contributed by atoms with Gasteiger partial charge in [-0.05, 0) is 44.2 Å². The molecular formula is C30H25N5O3. The number of esters is 1. The summed E-state index contributed by atoms with van der Waals surface area (Å²) in [5, 5.41) is 14.3. The Labute approximate surface area is 220 Å². The van der Waals surface area contributed by atoms with Crippen LogP contribution < -0.4 is 4.74 Å². The van der Waals surface area contributed by atoms with Crippen molar-refractivity contribution in [1.82, 2.24) is 19.9 Å². The molecule has 188 valence electrons. The lowest BCUT2D eigenvalue weighted by Gasteiger charge is -2.17. The molecule has 0 aliphatic carbocycles. The van der Waals surface area contributed by atoms with Crippen molar-refractivity contribution in [2.24, 2.45) is 5.10 Å². The molecule has 0 atom stereocenters. The fourth-order valence-corrected chi connectivity index (χ4v) is 3.87. The molecule has 38 heavy (non-hydrogen) atoms. The number of fused-ring (bicyclic) bond motifs is 2. The topological polar surface area (TPSA) is 91.5 Å². The number of carbonyl (C=O) groups is 1. The van der Waals surface area contributed by atoms with Crippen LogP contribution in [0.1, 0.15) is 36.6 Å². The van der Waals surface area contributed by atoms with E-state index in [0.717, 1.165) is 39.6 Å². The van der Waals surface area contributed by atoms with Gasteiger partial charge in [0.2, 0.25) is 0 Å². The van der Waals surface area contributed by atoms with E-state index >= 15 is 0 Å². The molecule has 4 aromatic rings. The van der Waals surface area contributed by atoms with Crippen molar-refractivity contribution < 1.29 is 14.3 Å². The molecule has 0 amide bonds. The monoisotopic (exact) mass is 503 g/mol. The fraction of sp³-hybridized carbons (Fsp3) is 0.167. The smallest absolute Gasteiger partial charge is 0.331 e. The molecule has 0 radical (unpaired) electrons. The SMILES string of the molecule is C=CC(=O)OC(C)(C)C#Cc1ccc2c(OCc3nnc4n3N=C(c3ccccc3)C=CC4)ccnc2c1. The highest BCUT2D eigenvalue weighted by Crippen LogP contribution is 2.26. The molecule has 0 fully saturated rings. The molecule has 8 nitrogen and oxygen atoms in total. The van der Waals surface area contributed by atoms with Gasteiger partial charge in [0.1, 0.15) is 12.4 Å². The van der Waals surface area contributed by atoms with Gasteiger partial charge in [-0.15, -0.1) is 10.2 Å². The summed E-state index contributed by atoms with van der Waals surface area (Å²) in [6.45, 7) is 7.05. The number of pyridine rings is 1. The Morgan fingerprint density at radius 3 is 2.82 bits per heavy atom. The second-order valence-corrected chi connectivity index (χ2v) is 9.02. The van der Waals surface area contributed by atoms with Crippen LogP contribution in [0.3, 0.4) is 0 Å². The first-order valence-corrected chi connectivity index (χ1v) is 12.1. The van der Waals surface area contributed by atoms with Crippen LogP contribution in [0.25, 0.3) is 10.9 Å². The molecular weight excluding hydrogens is 478 g/mol. The number of benzene rings is 2. The van der Waals surface area contributed by atoms with Crippen molar-refractivity contribution in [3.05, 3.63) is 108 Å². The van der Waals surface area contributed by atoms with Crippen molar-refractivity contribution in [3.8, 4) is 17.6 Å². The molecule has 5 rings (SSSR count). The molecule has 0 saturated heterocycles. The summed E-state index contributed by atoms with van der Waals surface area (Å²) in [7, 11) is 0. The lowest BCUT2D eigenvalue weighted by molar-refractivity contribution is -0.145. The largest absolute Gasteiger partial charge is 0.485 e. The van der Waals surface area contributed by atoms with E-state index < -0.39 is 11.6 Å². The summed E-state index contributed by atoms with van der Waals surface area (Å²) in [6, 6.07) is 17.4. The van der Waals surface area contributed by atoms with Crippen molar-refractivity contribution in [3.63, 3.8) is 0 Å². The molecule has 3 heterocycles. The minimum Gasteiger partial charge on any atom is -0.485 e. The predicted octanol–water partition coefficient (Wildman–Crippen LogP) is 4.63. The standard InChI is InChI=1S/C30H25N5O3/c1-4-29(36)38-30(2,3)17-15-21-13-14-23-25(19-21)31-18-16-26(23)37-20-28-33-32-27-12-8-11-24(34-35(27)28)22-9-6-5-7-10-22/h4-11,13-14,16,18-19H,1,12,20H2,2-3H3. The highest BCUT2D eigenvalue weighted by atomic mass is 16.6. The van der Waals surface area contributed by atoms with Gasteiger partial charge < -0.3 is 9.47 Å². The molecule has 0 saturated carbocycles. The van der Waals surface area contributed by atoms with Gasteiger partial charge in [0.05, 0.1) is 11.2 Å². The van der Waals surface area contributed by atoms with E-state index in [2.05, 4.69) is 33.6 Å². The maximum atomic E-state index is 11.5. The van der Waals surface area contributed by atoms with E-state index in [9.17, 15) is 4.79 Å². The first-order valence-electron chi connectivity index (χ1n) is 12.1. The Kier molecular flexibility index (Phi) is 6.83. The van der Waals surface area contributed by atoms with E-state index in [4.69, 9.17) is 14.6 Å². The molecule has 1 aliphatic heterocycles. The molecule has 1 aliphatic rings. The predicted molar refractivity (Wildman–Crippen MR) is 145 cm³/mol. The van der Waals surface area contributed by atoms with Crippen LogP contribution in [-0.4, -0.2) is 37.1 Å². The third kappa shape index (κ3) is 5.52. The Bertz CT molecular complexity index is 1640. The summed E-state index contributed by atoms with van der Waals surface area (Å²) in [5.74, 6) is 7.51. The molecule has 0 unspecified atom stereocenters. The van der Waals surface area contributed by atoms with Gasteiger partial charge in [0, 0.05) is 35.2 Å². The Hall–Kier alpha value is -5.03. The van der Waals surface area contributed by atoms with Gasteiger partial charge in [-0.2, -0.15) is 9.78 Å². The van der Waals surface area contributed by atoms with Crippen molar-refractivity contribution in [1.29, 1.82) is 0 Å². The lowest BCUT2D eigenvalue weighted by atomic mass is 10.1. The maximum absolute atomic E-state index is 11.5. The number of rotatable bonds is 6. The normalized spacial score (nSPS) is 12.5. The first kappa shape index (κ1) is 24.7. The van der Waals surface area contributed by atoms with E-state index in [1.54, 1.807) is 24.7 Å². The van der Waals surface area contributed by atoms with E-state index in [1.807, 2.05) is 66.7 Å². The third-order valence-electron chi connectivity index (χ3n) is 5.71. The van der Waals surface area contributed by atoms with Crippen LogP contribution >= 0.6 is 0 Å². The highest BCUT2D eigenvalue weighted by molar-refractivity contribution is 6.08. The summed E-state index contributed by atoms with van der Waals surface area (Å²) < 4.78 is 13.2. The molecule has 8 heteroatoms. The molecule has 2 aromatic heterocycles. The second kappa shape index (κ2) is 10.5. The first-order chi connectivity index (χ1) is 18.4. The van der Waals surface area contributed by atoms with Crippen LogP contribution in [-0.2, 0) is 22.6 Å². The molecule has 0 spiro atoms. The lowest BCUT2D eigenvalue weighted by Crippen LogP contribution is -2.25. The number of hydrogen-bond donors (Lipinski definition) is 0. The number of ether oxygens (including phenoxy) is 2. The Morgan fingerprint density at radius 1 is 1.16 bits per heavy atom. The van der Waals surface area contributed by atoms with Crippen LogP contribution in [0.5, 0.6) is 5.75 Å². The zero-order chi connectivity index (χ0) is 26.5. The quantitative estimate of drug-likeness (QED) is 0.216. The fourth-order valence-electron chi connectivity index (χ4n) is 3.87. The van der Waals surface area contributed by atoms with Gasteiger partial charge in [-0.3, -0.25) is 4.98 Å². The van der Waals surface area contributed by atoms with Gasteiger partial charge in [0.15, 0.2) is 17.2 Å². The number of hydrogen-bond acceptors (Lipinski definition) is 7. The van der Waals surface area contributed by atoms with Crippen LogP contribution in [0.15, 0.2) is 90.7 Å². The summed E-state index contributed by atoms with van der Waals surface area (Å²) >= 11 is 0. The molecule has 0 N–H and O–H groups in total. The van der Waals surface area contributed by atoms with Gasteiger partial charge >= 0.3 is 5.97 Å². The second-order valence-electron chi connectivity index (χ2n) is 9.02. The average Bonchev–Trinajstić information content (AvgIpc) is 3.17. The zero-order valence-corrected chi connectivity index (χ0v) is 21.1. The summed E-state index contributed by atoms with van der Waals surface area (Å²) in [4.78, 5) is 16.0. The zero-order valence-electron chi connectivity index (χ0n) is 21.1. The Balaban J connectivity index is 1.36. The number of nitrogens with zero attached hydrogens (tertiary/aromatic N) is 5. The van der Waals surface area contributed by atoms with E-state index in [-0.39, 0.29) is 6.61 Å². The summed E-state index contributed by atoms with van der Waals surface area (Å²) in [6.07, 6.45) is 7.46. The van der Waals surface area contributed by atoms with E-state index in [0.29, 0.717) is 18.0 Å². The molecule has 2 aromatic carbocycles. The number of carbonyl (C=O) groups excluding carboxylic acids is 1. The van der Waals surface area contributed by atoms with E-state index in [1.165, 1.54) is 0 Å². The maximum Gasteiger partial charge on any atom is 0.331 e.